The largest absolute Gasteiger partial charge is 0.643 e. The molecule has 0 saturated heterocycles. The van der Waals surface area contributed by atoms with Crippen molar-refractivity contribution in [2.75, 3.05) is 0 Å². The summed E-state index contributed by atoms with van der Waals surface area (Å²) in [5.74, 6) is 0. The maximum absolute atomic E-state index is 4.94. The lowest BCUT2D eigenvalue weighted by atomic mass is 10.1. The molecule has 92 valence electrons. The van der Waals surface area contributed by atoms with Crippen LogP contribution >= 0.6 is 30.1 Å². The fourth-order valence-electron chi connectivity index (χ4n) is 1.38. The number of unbranched alkanes of at least 4 members (excludes halogenated alkanes) is 8. The van der Waals surface area contributed by atoms with Gasteiger partial charge in [-0.05, 0) is 0 Å². The van der Waals surface area contributed by atoms with E-state index in [9.17, 15) is 0 Å². The Morgan fingerprint density at radius 2 is 0.800 bits per heavy atom. The second kappa shape index (κ2) is 17.8. The highest BCUT2D eigenvalue weighted by Crippen LogP contribution is 2.08. The zero-order valence-electron chi connectivity index (χ0n) is 10.1. The van der Waals surface area contributed by atoms with Crippen LogP contribution in [0.25, 0.3) is 0 Å². The normalized spacial score (nSPS) is 9.40. The van der Waals surface area contributed by atoms with Crippen LogP contribution in [0.1, 0.15) is 71.6 Å². The Hall–Kier alpha value is 1.40. The van der Waals surface area contributed by atoms with E-state index >= 15 is 0 Å². The Morgan fingerprint density at radius 3 is 1.00 bits per heavy atom. The Morgan fingerprint density at radius 1 is 0.600 bits per heavy atom. The average molecular weight is 290 g/mol. The van der Waals surface area contributed by atoms with Crippen molar-refractivity contribution in [2.24, 2.45) is 0 Å². The van der Waals surface area contributed by atoms with Gasteiger partial charge in [0.15, 0.2) is 0 Å². The maximum Gasteiger partial charge on any atom is 0.643 e. The first kappa shape index (κ1) is 18.8. The topological polar surface area (TPSA) is 0 Å². The predicted molar refractivity (Wildman–Crippen MR) is 76.2 cm³/mol. The van der Waals surface area contributed by atoms with E-state index in [2.05, 4.69) is 13.8 Å². The van der Waals surface area contributed by atoms with Crippen LogP contribution in [0, 0.1) is 0 Å². The van der Waals surface area contributed by atoms with Gasteiger partial charge in [-0.2, -0.15) is 0 Å². The highest BCUT2D eigenvalue weighted by atomic mass is 35.8. The molecule has 0 N–H and O–H groups in total. The van der Waals surface area contributed by atoms with Crippen LogP contribution in [0.4, 0.5) is 0 Å². The molecule has 15 heavy (non-hydrogen) atoms. The quantitative estimate of drug-likeness (QED) is 0.367. The highest BCUT2D eigenvalue weighted by Gasteiger charge is 2.00. The van der Waals surface area contributed by atoms with Gasteiger partial charge in [-0.15, -0.1) is 0 Å². The van der Waals surface area contributed by atoms with Crippen LogP contribution in [0.2, 0.25) is 0 Å². The van der Waals surface area contributed by atoms with Crippen molar-refractivity contribution in [3.05, 3.63) is 0 Å². The van der Waals surface area contributed by atoms with E-state index in [1.54, 1.807) is 0 Å². The molecule has 0 heterocycles. The first-order valence-electron chi connectivity index (χ1n) is 6.07. The standard InChI is InChI=1S/C11H24.Al.3ClH/c1-3-5-7-9-11-10-8-6-4-2;;;;/h3-11H2,1-2H3;;3*1H/q;+3;;;/p-3. The molecular weight excluding hydrogens is 265 g/mol. The van der Waals surface area contributed by atoms with Gasteiger partial charge in [-0.25, -0.2) is 30.1 Å². The van der Waals surface area contributed by atoms with Crippen molar-refractivity contribution in [1.82, 2.24) is 0 Å². The van der Waals surface area contributed by atoms with Crippen molar-refractivity contribution in [1.29, 1.82) is 0 Å². The van der Waals surface area contributed by atoms with E-state index in [1.165, 1.54) is 57.8 Å². The smallest absolute Gasteiger partial charge is 0.214 e. The fraction of sp³-hybridized carbons (Fsp3) is 1.00. The van der Waals surface area contributed by atoms with Crippen LogP contribution in [0.15, 0.2) is 0 Å². The minimum absolute atomic E-state index is 1.37. The van der Waals surface area contributed by atoms with Gasteiger partial charge in [0.2, 0.25) is 0 Å². The molecule has 0 amide bonds. The number of hydrogen-bond donors (Lipinski definition) is 0. The molecule has 0 radical (unpaired) electrons. The lowest BCUT2D eigenvalue weighted by molar-refractivity contribution is 0.572. The Balaban J connectivity index is 0. The molecule has 0 spiro atoms. The molecule has 0 fully saturated rings. The van der Waals surface area contributed by atoms with E-state index in [0.29, 0.717) is 0 Å². The maximum atomic E-state index is 4.94. The molecule has 0 nitrogen and oxygen atoms in total. The zero-order valence-corrected chi connectivity index (χ0v) is 13.5. The average Bonchev–Trinajstić information content (AvgIpc) is 2.16. The SMILES string of the molecule is CCCCCCCCCCC.[Cl][Al]([Cl])[Cl]. The van der Waals surface area contributed by atoms with Crippen molar-refractivity contribution >= 4 is 41.5 Å². The van der Waals surface area contributed by atoms with Gasteiger partial charge >= 0.3 is 11.4 Å². The van der Waals surface area contributed by atoms with E-state index in [1.807, 2.05) is 0 Å². The summed E-state index contributed by atoms with van der Waals surface area (Å²) in [5, 5.41) is 0. The summed E-state index contributed by atoms with van der Waals surface area (Å²) in [6, 6.07) is 0. The van der Waals surface area contributed by atoms with Crippen LogP contribution in [-0.2, 0) is 0 Å². The third-order valence-electron chi connectivity index (χ3n) is 2.21. The molecule has 0 aliphatic heterocycles. The van der Waals surface area contributed by atoms with Crippen LogP contribution < -0.4 is 0 Å². The molecule has 0 unspecified atom stereocenters. The van der Waals surface area contributed by atoms with Gasteiger partial charge in [-0.3, -0.25) is 0 Å². The second-order valence-electron chi connectivity index (χ2n) is 3.72. The highest BCUT2D eigenvalue weighted by molar-refractivity contribution is 7.54. The zero-order chi connectivity index (χ0) is 11.9. The molecule has 0 saturated carbocycles. The lowest BCUT2D eigenvalue weighted by Crippen LogP contribution is -1.79. The van der Waals surface area contributed by atoms with Crippen molar-refractivity contribution in [2.45, 2.75) is 71.6 Å². The molecule has 0 atom stereocenters. The summed E-state index contributed by atoms with van der Waals surface area (Å²) in [6.07, 6.45) is 13.0. The molecule has 0 aromatic rings. The second-order valence-corrected chi connectivity index (χ2v) is 10.2. The minimum atomic E-state index is -1.72. The number of hydrogen-bond acceptors (Lipinski definition) is 0. The molecule has 0 aliphatic rings. The van der Waals surface area contributed by atoms with Gasteiger partial charge in [0, 0.05) is 0 Å². The van der Waals surface area contributed by atoms with Crippen LogP contribution in [0.3, 0.4) is 0 Å². The molecule has 0 aromatic heterocycles. The summed E-state index contributed by atoms with van der Waals surface area (Å²) in [6.45, 7) is 4.55. The van der Waals surface area contributed by atoms with E-state index in [4.69, 9.17) is 30.1 Å². The third kappa shape index (κ3) is 31.3. The summed E-state index contributed by atoms with van der Waals surface area (Å²) < 4.78 is 0. The van der Waals surface area contributed by atoms with Crippen LogP contribution in [-0.4, -0.2) is 11.4 Å². The molecular formula is C11H24AlCl3. The lowest BCUT2D eigenvalue weighted by Gasteiger charge is -1.98. The first-order chi connectivity index (χ1) is 7.15. The van der Waals surface area contributed by atoms with Gasteiger partial charge in [0.25, 0.3) is 0 Å². The molecule has 0 aromatic carbocycles. The minimum Gasteiger partial charge on any atom is -0.214 e. The number of halogens is 3. The van der Waals surface area contributed by atoms with E-state index in [0.717, 1.165) is 0 Å². The van der Waals surface area contributed by atoms with E-state index < -0.39 is 11.4 Å². The third-order valence-corrected chi connectivity index (χ3v) is 2.21. The summed E-state index contributed by atoms with van der Waals surface area (Å²) in [7, 11) is 14.8. The van der Waals surface area contributed by atoms with Gasteiger partial charge in [-0.1, -0.05) is 71.6 Å². The monoisotopic (exact) mass is 288 g/mol. The van der Waals surface area contributed by atoms with Gasteiger partial charge in [0.1, 0.15) is 0 Å². The van der Waals surface area contributed by atoms with Crippen molar-refractivity contribution in [3.8, 4) is 0 Å². The molecule has 0 rings (SSSR count). The summed E-state index contributed by atoms with van der Waals surface area (Å²) in [5.41, 5.74) is 0. The first-order valence-corrected chi connectivity index (χ1v) is 11.3. The molecule has 4 heteroatoms. The fourth-order valence-corrected chi connectivity index (χ4v) is 1.38. The van der Waals surface area contributed by atoms with Crippen molar-refractivity contribution in [3.63, 3.8) is 0 Å². The molecule has 0 aliphatic carbocycles. The van der Waals surface area contributed by atoms with Crippen LogP contribution in [0.5, 0.6) is 0 Å². The Bertz CT molecular complexity index is 89.1. The molecule has 0 bridgehead atoms. The van der Waals surface area contributed by atoms with E-state index in [-0.39, 0.29) is 0 Å². The van der Waals surface area contributed by atoms with Gasteiger partial charge in [0.05, 0.1) is 0 Å². The van der Waals surface area contributed by atoms with Crippen molar-refractivity contribution < 1.29 is 0 Å². The summed E-state index contributed by atoms with van der Waals surface area (Å²) in [4.78, 5) is 0. The number of rotatable bonds is 8. The summed E-state index contributed by atoms with van der Waals surface area (Å²) >= 11 is -1.72. The van der Waals surface area contributed by atoms with Gasteiger partial charge < -0.3 is 0 Å². The Kier molecular flexibility index (Phi) is 22.2. The Labute approximate surface area is 113 Å². The predicted octanol–water partition coefficient (Wildman–Crippen LogP) is 6.22.